The van der Waals surface area contributed by atoms with Gasteiger partial charge in [-0.1, -0.05) is 18.2 Å². The van der Waals surface area contributed by atoms with Gasteiger partial charge in [-0.15, -0.1) is 0 Å². The zero-order valence-electron chi connectivity index (χ0n) is 13.9. The van der Waals surface area contributed by atoms with Crippen molar-refractivity contribution in [1.82, 2.24) is 19.6 Å². The fraction of sp³-hybridized carbons (Fsp3) is 0.412. The maximum absolute atomic E-state index is 12.9. The van der Waals surface area contributed by atoms with Crippen molar-refractivity contribution in [1.29, 1.82) is 0 Å². The molecule has 1 fully saturated rings. The number of hydrogen-bond acceptors (Lipinski definition) is 4. The second kappa shape index (κ2) is 6.62. The molecule has 1 aliphatic heterocycles. The number of aliphatic carboxylic acids is 1. The van der Waals surface area contributed by atoms with Crippen molar-refractivity contribution in [3.63, 3.8) is 0 Å². The van der Waals surface area contributed by atoms with Crippen LogP contribution in [0.2, 0.25) is 0 Å². The van der Waals surface area contributed by atoms with E-state index in [1.807, 2.05) is 53.9 Å². The smallest absolute Gasteiger partial charge is 0.322 e. The fourth-order valence-corrected chi connectivity index (χ4v) is 3.15. The van der Waals surface area contributed by atoms with Crippen molar-refractivity contribution in [2.24, 2.45) is 7.05 Å². The molecule has 3 rings (SSSR count). The number of rotatable bonds is 4. The molecule has 0 saturated carbocycles. The van der Waals surface area contributed by atoms with E-state index in [0.29, 0.717) is 25.2 Å². The predicted octanol–water partition coefficient (Wildman–Crippen LogP) is 0.343. The molecule has 7 nitrogen and oxygen atoms in total. The van der Waals surface area contributed by atoms with Crippen LogP contribution < -0.4 is 10.9 Å². The van der Waals surface area contributed by atoms with E-state index in [1.54, 1.807) is 4.68 Å². The fourth-order valence-electron chi connectivity index (χ4n) is 3.15. The highest BCUT2D eigenvalue weighted by atomic mass is 16.4. The number of para-hydroxylation sites is 1. The van der Waals surface area contributed by atoms with E-state index in [1.165, 1.54) is 0 Å². The third-order valence-corrected chi connectivity index (χ3v) is 4.61. The second-order valence-electron chi connectivity index (χ2n) is 6.12. The van der Waals surface area contributed by atoms with Crippen molar-refractivity contribution in [3.8, 4) is 5.69 Å². The molecule has 1 atom stereocenters. The molecule has 0 amide bonds. The van der Waals surface area contributed by atoms with Crippen LogP contribution in [0.1, 0.15) is 11.3 Å². The molecule has 2 heterocycles. The van der Waals surface area contributed by atoms with Crippen LogP contribution in [0.25, 0.3) is 5.69 Å². The Morgan fingerprint density at radius 2 is 2.04 bits per heavy atom. The van der Waals surface area contributed by atoms with Crippen LogP contribution in [-0.2, 0) is 18.4 Å². The third-order valence-electron chi connectivity index (χ3n) is 4.61. The van der Waals surface area contributed by atoms with Crippen LogP contribution in [0.5, 0.6) is 0 Å². The van der Waals surface area contributed by atoms with E-state index in [0.717, 1.165) is 17.9 Å². The summed E-state index contributed by atoms with van der Waals surface area (Å²) < 4.78 is 3.51. The first-order chi connectivity index (χ1) is 11.5. The molecule has 1 aromatic carbocycles. The first-order valence-electron chi connectivity index (χ1n) is 8.00. The van der Waals surface area contributed by atoms with Gasteiger partial charge < -0.3 is 10.4 Å². The highest BCUT2D eigenvalue weighted by molar-refractivity contribution is 5.73. The van der Waals surface area contributed by atoms with E-state index in [2.05, 4.69) is 5.32 Å². The number of nitrogens with one attached hydrogen (secondary N) is 1. The van der Waals surface area contributed by atoms with E-state index in [-0.39, 0.29) is 5.56 Å². The minimum absolute atomic E-state index is 0.0494. The molecule has 1 saturated heterocycles. The summed E-state index contributed by atoms with van der Waals surface area (Å²) in [5, 5.41) is 12.1. The Bertz CT molecular complexity index is 794. The van der Waals surface area contributed by atoms with Crippen LogP contribution in [0, 0.1) is 6.92 Å². The van der Waals surface area contributed by atoms with Crippen LogP contribution in [0.4, 0.5) is 0 Å². The lowest BCUT2D eigenvalue weighted by molar-refractivity contribution is -0.140. The summed E-state index contributed by atoms with van der Waals surface area (Å²) in [6.07, 6.45) is 0. The molecule has 7 heteroatoms. The molecule has 0 spiro atoms. The number of carbonyl (C=O) groups is 1. The zero-order chi connectivity index (χ0) is 17.3. The van der Waals surface area contributed by atoms with Gasteiger partial charge in [0.1, 0.15) is 6.04 Å². The summed E-state index contributed by atoms with van der Waals surface area (Å²) >= 11 is 0. The first-order valence-corrected chi connectivity index (χ1v) is 8.00. The van der Waals surface area contributed by atoms with Crippen molar-refractivity contribution in [3.05, 3.63) is 51.9 Å². The van der Waals surface area contributed by atoms with Gasteiger partial charge in [-0.25, -0.2) is 4.68 Å². The quantitative estimate of drug-likeness (QED) is 0.845. The Balaban J connectivity index is 1.90. The van der Waals surface area contributed by atoms with Crippen LogP contribution in [0.3, 0.4) is 0 Å². The monoisotopic (exact) mass is 330 g/mol. The maximum atomic E-state index is 12.9. The Morgan fingerprint density at radius 3 is 2.71 bits per heavy atom. The standard InChI is InChI=1S/C17H22N4O3/c1-12-14(10-20-9-8-18-15(11-20)17(23)24)16(22)21(19(12)2)13-6-4-3-5-7-13/h3-7,15,18H,8-11H2,1-2H3,(H,23,24)/t15-/m0/s1. The van der Waals surface area contributed by atoms with E-state index in [4.69, 9.17) is 5.11 Å². The summed E-state index contributed by atoms with van der Waals surface area (Å²) in [6.45, 7) is 4.11. The molecule has 24 heavy (non-hydrogen) atoms. The average molecular weight is 330 g/mol. The van der Waals surface area contributed by atoms with Gasteiger partial charge in [-0.05, 0) is 19.1 Å². The highest BCUT2D eigenvalue weighted by Crippen LogP contribution is 2.13. The van der Waals surface area contributed by atoms with E-state index < -0.39 is 12.0 Å². The molecule has 0 radical (unpaired) electrons. The van der Waals surface area contributed by atoms with Gasteiger partial charge in [0.15, 0.2) is 0 Å². The van der Waals surface area contributed by atoms with Crippen molar-refractivity contribution >= 4 is 5.97 Å². The molecule has 0 aliphatic carbocycles. The Hall–Kier alpha value is -2.38. The van der Waals surface area contributed by atoms with Gasteiger partial charge in [0.25, 0.3) is 5.56 Å². The Labute approximate surface area is 140 Å². The molecule has 128 valence electrons. The van der Waals surface area contributed by atoms with Gasteiger partial charge in [-0.2, -0.15) is 0 Å². The lowest BCUT2D eigenvalue weighted by Crippen LogP contribution is -2.54. The minimum Gasteiger partial charge on any atom is -0.480 e. The highest BCUT2D eigenvalue weighted by Gasteiger charge is 2.26. The van der Waals surface area contributed by atoms with Gasteiger partial charge in [-0.3, -0.25) is 19.2 Å². The van der Waals surface area contributed by atoms with E-state index in [9.17, 15) is 9.59 Å². The molecular weight excluding hydrogens is 308 g/mol. The number of benzene rings is 1. The van der Waals surface area contributed by atoms with Crippen LogP contribution in [0.15, 0.2) is 35.1 Å². The second-order valence-corrected chi connectivity index (χ2v) is 6.12. The van der Waals surface area contributed by atoms with Crippen LogP contribution >= 0.6 is 0 Å². The van der Waals surface area contributed by atoms with Crippen molar-refractivity contribution in [2.75, 3.05) is 19.6 Å². The molecule has 2 aromatic rings. The van der Waals surface area contributed by atoms with Gasteiger partial charge in [0.2, 0.25) is 0 Å². The summed E-state index contributed by atoms with van der Waals surface area (Å²) in [6, 6.07) is 8.93. The Morgan fingerprint density at radius 1 is 1.33 bits per heavy atom. The van der Waals surface area contributed by atoms with Crippen molar-refractivity contribution in [2.45, 2.75) is 19.5 Å². The average Bonchev–Trinajstić information content (AvgIpc) is 2.79. The molecule has 0 bridgehead atoms. The van der Waals surface area contributed by atoms with Crippen molar-refractivity contribution < 1.29 is 9.90 Å². The SMILES string of the molecule is Cc1c(CN2CCN[C@H](C(=O)O)C2)c(=O)n(-c2ccccc2)n1C. The Kier molecular flexibility index (Phi) is 4.55. The molecule has 1 aromatic heterocycles. The molecular formula is C17H22N4O3. The molecule has 0 unspecified atom stereocenters. The first kappa shape index (κ1) is 16.5. The molecule has 2 N–H and O–H groups in total. The van der Waals surface area contributed by atoms with Gasteiger partial charge in [0, 0.05) is 38.9 Å². The van der Waals surface area contributed by atoms with E-state index >= 15 is 0 Å². The zero-order valence-corrected chi connectivity index (χ0v) is 13.9. The number of piperazine rings is 1. The minimum atomic E-state index is -0.855. The summed E-state index contributed by atoms with van der Waals surface area (Å²) in [5.74, 6) is -0.855. The maximum Gasteiger partial charge on any atom is 0.322 e. The van der Waals surface area contributed by atoms with Gasteiger partial charge in [0.05, 0.1) is 11.3 Å². The lowest BCUT2D eigenvalue weighted by Gasteiger charge is -2.31. The van der Waals surface area contributed by atoms with Crippen LogP contribution in [-0.4, -0.2) is 51.0 Å². The number of nitrogens with zero attached hydrogens (tertiary/aromatic N) is 3. The number of carboxylic acid groups (broad SMARTS) is 1. The molecule has 1 aliphatic rings. The topological polar surface area (TPSA) is 79.5 Å². The third kappa shape index (κ3) is 3.00. The largest absolute Gasteiger partial charge is 0.480 e. The van der Waals surface area contributed by atoms with Gasteiger partial charge >= 0.3 is 5.97 Å². The number of hydrogen-bond donors (Lipinski definition) is 2. The summed E-state index contributed by atoms with van der Waals surface area (Å²) in [7, 11) is 1.87. The normalized spacial score (nSPS) is 18.7. The summed E-state index contributed by atoms with van der Waals surface area (Å²) in [4.78, 5) is 26.1. The predicted molar refractivity (Wildman–Crippen MR) is 90.5 cm³/mol. The number of carboxylic acids is 1. The number of aromatic nitrogens is 2. The summed E-state index contributed by atoms with van der Waals surface area (Å²) in [5.41, 5.74) is 2.39. The lowest BCUT2D eigenvalue weighted by atomic mass is 10.1.